The summed E-state index contributed by atoms with van der Waals surface area (Å²) in [5.41, 5.74) is -1.28. The predicted octanol–water partition coefficient (Wildman–Crippen LogP) is 3.73. The highest BCUT2D eigenvalue weighted by atomic mass is 32.2. The van der Waals surface area contributed by atoms with Crippen molar-refractivity contribution in [3.05, 3.63) is 53.8 Å². The van der Waals surface area contributed by atoms with Crippen LogP contribution in [-0.4, -0.2) is 42.4 Å². The molecule has 0 bridgehead atoms. The first kappa shape index (κ1) is 23.5. The van der Waals surface area contributed by atoms with E-state index >= 15 is 0 Å². The van der Waals surface area contributed by atoms with Gasteiger partial charge in [-0.2, -0.15) is 17.5 Å². The molecule has 8 nitrogen and oxygen atoms in total. The van der Waals surface area contributed by atoms with Crippen LogP contribution in [0.2, 0.25) is 0 Å². The van der Waals surface area contributed by atoms with Crippen LogP contribution in [0, 0.1) is 5.82 Å². The second-order valence-corrected chi connectivity index (χ2v) is 8.80. The highest BCUT2D eigenvalue weighted by Crippen LogP contribution is 2.30. The molecule has 1 heterocycles. The third-order valence-corrected chi connectivity index (χ3v) is 6.66. The summed E-state index contributed by atoms with van der Waals surface area (Å²) in [6.07, 6.45) is -4.05. The SMILES string of the molecule is O=C(Nc1ccc(C(F)(F)F)cc1)Nc1ccc(S(=O)(=O)N2CCC[C@H]2C(=O)O)cc1F. The first-order valence-corrected chi connectivity index (χ1v) is 10.6. The maximum Gasteiger partial charge on any atom is 0.416 e. The standard InChI is InChI=1S/C19H17F4N3O5S/c20-14-10-13(32(30,31)26-9-1-2-16(26)17(27)28)7-8-15(14)25-18(29)24-12-5-3-11(4-6-12)19(21,22)23/h3-8,10,16H,1-2,9H2,(H,27,28)(H2,24,25,29)/t16-/m0/s1. The fourth-order valence-corrected chi connectivity index (χ4v) is 4.86. The summed E-state index contributed by atoms with van der Waals surface area (Å²) in [4.78, 5) is 22.8. The molecule has 0 unspecified atom stereocenters. The smallest absolute Gasteiger partial charge is 0.416 e. The Balaban J connectivity index is 1.71. The van der Waals surface area contributed by atoms with Gasteiger partial charge in [0, 0.05) is 12.2 Å². The van der Waals surface area contributed by atoms with E-state index in [0.717, 1.165) is 40.7 Å². The summed E-state index contributed by atoms with van der Waals surface area (Å²) in [5, 5.41) is 13.5. The van der Waals surface area contributed by atoms with Gasteiger partial charge >= 0.3 is 18.2 Å². The highest BCUT2D eigenvalue weighted by Gasteiger charge is 2.39. The van der Waals surface area contributed by atoms with Crippen LogP contribution >= 0.6 is 0 Å². The van der Waals surface area contributed by atoms with Crippen molar-refractivity contribution in [3.63, 3.8) is 0 Å². The van der Waals surface area contributed by atoms with Crippen LogP contribution in [0.15, 0.2) is 47.4 Å². The number of amides is 2. The van der Waals surface area contributed by atoms with Crippen molar-refractivity contribution in [1.29, 1.82) is 0 Å². The molecule has 1 atom stereocenters. The van der Waals surface area contributed by atoms with Crippen LogP contribution in [0.1, 0.15) is 18.4 Å². The number of rotatable bonds is 5. The van der Waals surface area contributed by atoms with E-state index in [9.17, 15) is 40.7 Å². The van der Waals surface area contributed by atoms with Crippen LogP contribution in [0.4, 0.5) is 33.7 Å². The van der Waals surface area contributed by atoms with E-state index in [1.165, 1.54) is 0 Å². The van der Waals surface area contributed by atoms with E-state index in [1.807, 2.05) is 0 Å². The van der Waals surface area contributed by atoms with Crippen LogP contribution in [-0.2, 0) is 21.0 Å². The normalized spacial score (nSPS) is 17.2. The van der Waals surface area contributed by atoms with Crippen LogP contribution in [0.25, 0.3) is 0 Å². The molecule has 1 aliphatic rings. The Labute approximate surface area is 179 Å². The minimum Gasteiger partial charge on any atom is -0.480 e. The molecule has 3 N–H and O–H groups in total. The van der Waals surface area contributed by atoms with E-state index in [-0.39, 0.29) is 24.3 Å². The lowest BCUT2D eigenvalue weighted by Crippen LogP contribution is -2.40. The first-order chi connectivity index (χ1) is 14.9. The topological polar surface area (TPSA) is 116 Å². The summed E-state index contributed by atoms with van der Waals surface area (Å²) in [7, 11) is -4.27. The van der Waals surface area contributed by atoms with Crippen LogP contribution < -0.4 is 10.6 Å². The van der Waals surface area contributed by atoms with Gasteiger partial charge in [0.15, 0.2) is 0 Å². The number of hydrogen-bond donors (Lipinski definition) is 3. The van der Waals surface area contributed by atoms with E-state index in [1.54, 1.807) is 0 Å². The molecule has 172 valence electrons. The average molecular weight is 475 g/mol. The second-order valence-electron chi connectivity index (χ2n) is 6.91. The molecule has 13 heteroatoms. The van der Waals surface area contributed by atoms with Crippen molar-refractivity contribution >= 4 is 33.4 Å². The first-order valence-electron chi connectivity index (χ1n) is 9.19. The zero-order valence-electron chi connectivity index (χ0n) is 16.2. The average Bonchev–Trinajstić information content (AvgIpc) is 3.20. The van der Waals surface area contributed by atoms with E-state index in [4.69, 9.17) is 0 Å². The molecule has 2 aromatic carbocycles. The third-order valence-electron chi connectivity index (χ3n) is 4.75. The number of carboxylic acids is 1. The zero-order chi connectivity index (χ0) is 23.7. The zero-order valence-corrected chi connectivity index (χ0v) is 17.0. The molecule has 0 aliphatic carbocycles. The Morgan fingerprint density at radius 1 is 1.06 bits per heavy atom. The fraction of sp³-hybridized carbons (Fsp3) is 0.263. The minimum absolute atomic E-state index is 0.0174. The van der Waals surface area contributed by atoms with E-state index in [2.05, 4.69) is 10.6 Å². The molecule has 1 fully saturated rings. The number of sulfonamides is 1. The molecule has 0 radical (unpaired) electrons. The molecule has 2 aromatic rings. The molecular formula is C19H17F4N3O5S. The summed E-state index contributed by atoms with van der Waals surface area (Å²) >= 11 is 0. The van der Waals surface area contributed by atoms with Crippen molar-refractivity contribution in [3.8, 4) is 0 Å². The van der Waals surface area contributed by atoms with Crippen molar-refractivity contribution in [1.82, 2.24) is 4.31 Å². The lowest BCUT2D eigenvalue weighted by molar-refractivity contribution is -0.140. The number of carbonyl (C=O) groups excluding carboxylic acids is 1. The van der Waals surface area contributed by atoms with E-state index < -0.39 is 50.5 Å². The summed E-state index contributed by atoms with van der Waals surface area (Å²) < 4.78 is 78.3. The van der Waals surface area contributed by atoms with Gasteiger partial charge in [0.05, 0.1) is 16.1 Å². The molecule has 3 rings (SSSR count). The fourth-order valence-electron chi connectivity index (χ4n) is 3.19. The lowest BCUT2D eigenvalue weighted by atomic mass is 10.2. The monoisotopic (exact) mass is 475 g/mol. The number of nitrogens with one attached hydrogen (secondary N) is 2. The number of nitrogens with zero attached hydrogens (tertiary/aromatic N) is 1. The van der Waals surface area contributed by atoms with Gasteiger partial charge in [0.25, 0.3) is 0 Å². The number of halogens is 4. The maximum atomic E-state index is 14.4. The van der Waals surface area contributed by atoms with Gasteiger partial charge < -0.3 is 15.7 Å². The molecule has 1 saturated heterocycles. The van der Waals surface area contributed by atoms with Crippen molar-refractivity contribution in [2.75, 3.05) is 17.2 Å². The number of benzene rings is 2. The molecule has 0 saturated carbocycles. The van der Waals surface area contributed by atoms with E-state index in [0.29, 0.717) is 12.5 Å². The van der Waals surface area contributed by atoms with Gasteiger partial charge in [-0.3, -0.25) is 4.79 Å². The highest BCUT2D eigenvalue weighted by molar-refractivity contribution is 7.89. The summed E-state index contributed by atoms with van der Waals surface area (Å²) in [6.45, 7) is -0.0174. The number of carbonyl (C=O) groups is 2. The number of hydrogen-bond acceptors (Lipinski definition) is 4. The maximum absolute atomic E-state index is 14.4. The van der Waals surface area contributed by atoms with Crippen LogP contribution in [0.5, 0.6) is 0 Å². The number of urea groups is 1. The van der Waals surface area contributed by atoms with Crippen molar-refractivity contribution < 1.29 is 40.7 Å². The van der Waals surface area contributed by atoms with Crippen LogP contribution in [0.3, 0.4) is 0 Å². The van der Waals surface area contributed by atoms with Gasteiger partial charge in [-0.15, -0.1) is 0 Å². The molecule has 32 heavy (non-hydrogen) atoms. The molecule has 0 aromatic heterocycles. The van der Waals surface area contributed by atoms with Gasteiger partial charge in [-0.05, 0) is 55.3 Å². The van der Waals surface area contributed by atoms with Gasteiger partial charge in [-0.1, -0.05) is 0 Å². The number of anilines is 2. The largest absolute Gasteiger partial charge is 0.480 e. The van der Waals surface area contributed by atoms with Gasteiger partial charge in [0.1, 0.15) is 11.9 Å². The minimum atomic E-state index is -4.54. The number of carboxylic acid groups (broad SMARTS) is 1. The Bertz CT molecular complexity index is 1140. The third kappa shape index (κ3) is 4.99. The summed E-state index contributed by atoms with van der Waals surface area (Å²) in [6, 6.07) is 4.01. The molecule has 1 aliphatic heterocycles. The molecule has 2 amide bonds. The molecule has 0 spiro atoms. The summed E-state index contributed by atoms with van der Waals surface area (Å²) in [5.74, 6) is -2.40. The predicted molar refractivity (Wildman–Crippen MR) is 105 cm³/mol. The Hall–Kier alpha value is -3.19. The van der Waals surface area contributed by atoms with Crippen molar-refractivity contribution in [2.45, 2.75) is 30.0 Å². The van der Waals surface area contributed by atoms with Gasteiger partial charge in [0.2, 0.25) is 10.0 Å². The van der Waals surface area contributed by atoms with Gasteiger partial charge in [-0.25, -0.2) is 17.6 Å². The second kappa shape index (κ2) is 8.74. The Kier molecular flexibility index (Phi) is 6.41. The Morgan fingerprint density at radius 3 is 2.28 bits per heavy atom. The number of alkyl halides is 3. The van der Waals surface area contributed by atoms with Crippen molar-refractivity contribution in [2.24, 2.45) is 0 Å². The lowest BCUT2D eigenvalue weighted by Gasteiger charge is -2.21. The number of aliphatic carboxylic acids is 1. The quantitative estimate of drug-likeness (QED) is 0.570. The molecular weight excluding hydrogens is 458 g/mol. The Morgan fingerprint density at radius 2 is 1.72 bits per heavy atom.